The summed E-state index contributed by atoms with van der Waals surface area (Å²) in [5.74, 6) is 1.79. The molecule has 23 heavy (non-hydrogen) atoms. The maximum absolute atomic E-state index is 4.63. The molecule has 1 N–H and O–H groups in total. The SMILES string of the molecule is c1ccc(CSc2ccc(-c3nc4ccccc4[nH]3)cc2)nc1. The predicted molar refractivity (Wildman–Crippen MR) is 95.3 cm³/mol. The molecule has 0 fully saturated rings. The zero-order valence-corrected chi connectivity index (χ0v) is 13.3. The Balaban J connectivity index is 1.51. The van der Waals surface area contributed by atoms with E-state index in [1.54, 1.807) is 11.8 Å². The number of aromatic nitrogens is 3. The van der Waals surface area contributed by atoms with Crippen molar-refractivity contribution in [3.8, 4) is 11.4 Å². The molecular weight excluding hydrogens is 302 g/mol. The van der Waals surface area contributed by atoms with E-state index in [9.17, 15) is 0 Å². The summed E-state index contributed by atoms with van der Waals surface area (Å²) in [6, 6.07) is 22.6. The van der Waals surface area contributed by atoms with E-state index < -0.39 is 0 Å². The van der Waals surface area contributed by atoms with E-state index in [2.05, 4.69) is 45.3 Å². The topological polar surface area (TPSA) is 41.6 Å². The highest BCUT2D eigenvalue weighted by molar-refractivity contribution is 7.98. The molecule has 2 aromatic carbocycles. The van der Waals surface area contributed by atoms with Gasteiger partial charge in [0.2, 0.25) is 0 Å². The number of H-pyrrole nitrogens is 1. The lowest BCUT2D eigenvalue weighted by molar-refractivity contribution is 1.17. The second kappa shape index (κ2) is 6.26. The van der Waals surface area contributed by atoms with Gasteiger partial charge in [0.15, 0.2) is 0 Å². The van der Waals surface area contributed by atoms with Crippen molar-refractivity contribution >= 4 is 22.8 Å². The number of thioether (sulfide) groups is 1. The molecule has 0 amide bonds. The highest BCUT2D eigenvalue weighted by Crippen LogP contribution is 2.26. The van der Waals surface area contributed by atoms with Crippen LogP contribution in [-0.4, -0.2) is 15.0 Å². The first-order valence-corrected chi connectivity index (χ1v) is 8.45. The molecule has 0 saturated heterocycles. The monoisotopic (exact) mass is 317 g/mol. The number of hydrogen-bond donors (Lipinski definition) is 1. The summed E-state index contributed by atoms with van der Waals surface area (Å²) in [5.41, 5.74) is 4.26. The molecule has 0 radical (unpaired) electrons. The van der Waals surface area contributed by atoms with Crippen LogP contribution >= 0.6 is 11.8 Å². The number of pyridine rings is 1. The van der Waals surface area contributed by atoms with E-state index >= 15 is 0 Å². The highest BCUT2D eigenvalue weighted by atomic mass is 32.2. The Morgan fingerprint density at radius 3 is 2.48 bits per heavy atom. The van der Waals surface area contributed by atoms with Crippen LogP contribution in [-0.2, 0) is 5.75 Å². The third kappa shape index (κ3) is 3.12. The summed E-state index contributed by atoms with van der Waals surface area (Å²) in [4.78, 5) is 13.6. The molecule has 3 nitrogen and oxygen atoms in total. The van der Waals surface area contributed by atoms with Crippen molar-refractivity contribution in [1.82, 2.24) is 15.0 Å². The van der Waals surface area contributed by atoms with Crippen molar-refractivity contribution in [3.05, 3.63) is 78.6 Å². The second-order valence-electron chi connectivity index (χ2n) is 5.24. The van der Waals surface area contributed by atoms with Gasteiger partial charge in [-0.25, -0.2) is 4.98 Å². The number of rotatable bonds is 4. The molecule has 0 unspecified atom stereocenters. The Labute approximate surface area is 138 Å². The van der Waals surface area contributed by atoms with Crippen molar-refractivity contribution in [2.45, 2.75) is 10.6 Å². The Morgan fingerprint density at radius 1 is 0.870 bits per heavy atom. The molecule has 0 atom stereocenters. The van der Waals surface area contributed by atoms with Gasteiger partial charge in [0.1, 0.15) is 5.82 Å². The van der Waals surface area contributed by atoms with Gasteiger partial charge in [0.05, 0.1) is 16.7 Å². The summed E-state index contributed by atoms with van der Waals surface area (Å²) < 4.78 is 0. The van der Waals surface area contributed by atoms with Crippen LogP contribution in [0.4, 0.5) is 0 Å². The molecule has 0 spiro atoms. The summed E-state index contributed by atoms with van der Waals surface area (Å²) in [7, 11) is 0. The van der Waals surface area contributed by atoms with Crippen LogP contribution in [0.15, 0.2) is 77.8 Å². The van der Waals surface area contributed by atoms with Gasteiger partial charge in [-0.2, -0.15) is 0 Å². The van der Waals surface area contributed by atoms with Gasteiger partial charge in [-0.05, 0) is 36.4 Å². The van der Waals surface area contributed by atoms with Crippen LogP contribution in [0.25, 0.3) is 22.4 Å². The van der Waals surface area contributed by atoms with E-state index in [1.807, 2.05) is 42.6 Å². The van der Waals surface area contributed by atoms with Crippen LogP contribution in [0, 0.1) is 0 Å². The predicted octanol–water partition coefficient (Wildman–Crippen LogP) is 4.92. The van der Waals surface area contributed by atoms with Crippen LogP contribution in [0.5, 0.6) is 0 Å². The number of para-hydroxylation sites is 2. The first-order valence-electron chi connectivity index (χ1n) is 7.46. The number of hydrogen-bond acceptors (Lipinski definition) is 3. The van der Waals surface area contributed by atoms with Crippen molar-refractivity contribution < 1.29 is 0 Å². The first kappa shape index (κ1) is 14.0. The lowest BCUT2D eigenvalue weighted by atomic mass is 10.2. The van der Waals surface area contributed by atoms with E-state index in [4.69, 9.17) is 0 Å². The number of benzene rings is 2. The number of nitrogens with one attached hydrogen (secondary N) is 1. The van der Waals surface area contributed by atoms with Gasteiger partial charge in [0.25, 0.3) is 0 Å². The summed E-state index contributed by atoms with van der Waals surface area (Å²) in [5, 5.41) is 0. The molecule has 0 aliphatic carbocycles. The lowest BCUT2D eigenvalue weighted by Crippen LogP contribution is -1.85. The normalized spacial score (nSPS) is 11.0. The van der Waals surface area contributed by atoms with Gasteiger partial charge in [-0.15, -0.1) is 11.8 Å². The minimum atomic E-state index is 0.880. The van der Waals surface area contributed by atoms with Crippen molar-refractivity contribution in [1.29, 1.82) is 0 Å². The standard InChI is InChI=1S/C19H15N3S/c1-2-7-18-17(6-1)21-19(22-18)14-8-10-16(11-9-14)23-13-15-5-3-4-12-20-15/h1-12H,13H2,(H,21,22). The Morgan fingerprint density at radius 2 is 1.70 bits per heavy atom. The van der Waals surface area contributed by atoms with E-state index in [1.165, 1.54) is 4.90 Å². The molecule has 2 aromatic heterocycles. The molecule has 0 aliphatic heterocycles. The first-order chi connectivity index (χ1) is 11.4. The van der Waals surface area contributed by atoms with Gasteiger partial charge in [0, 0.05) is 22.4 Å². The molecule has 4 rings (SSSR count). The quantitative estimate of drug-likeness (QED) is 0.543. The zero-order chi connectivity index (χ0) is 15.5. The van der Waals surface area contributed by atoms with Crippen molar-refractivity contribution in [2.24, 2.45) is 0 Å². The Hall–Kier alpha value is -2.59. The molecule has 4 aromatic rings. The maximum Gasteiger partial charge on any atom is 0.138 e. The smallest absolute Gasteiger partial charge is 0.138 e. The summed E-state index contributed by atoms with van der Waals surface area (Å²) in [6.07, 6.45) is 1.83. The fourth-order valence-corrected chi connectivity index (χ4v) is 3.25. The third-order valence-corrected chi connectivity index (χ3v) is 4.68. The molecule has 0 saturated carbocycles. The fourth-order valence-electron chi connectivity index (χ4n) is 2.44. The molecule has 0 bridgehead atoms. The fraction of sp³-hybridized carbons (Fsp3) is 0.0526. The second-order valence-corrected chi connectivity index (χ2v) is 6.29. The summed E-state index contributed by atoms with van der Waals surface area (Å²) >= 11 is 1.79. The summed E-state index contributed by atoms with van der Waals surface area (Å²) in [6.45, 7) is 0. The van der Waals surface area contributed by atoms with Crippen molar-refractivity contribution in [2.75, 3.05) is 0 Å². The molecular formula is C19H15N3S. The van der Waals surface area contributed by atoms with Crippen LogP contribution in [0.1, 0.15) is 5.69 Å². The third-order valence-electron chi connectivity index (χ3n) is 3.63. The largest absolute Gasteiger partial charge is 0.338 e. The van der Waals surface area contributed by atoms with E-state index in [0.29, 0.717) is 0 Å². The maximum atomic E-state index is 4.63. The average molecular weight is 317 g/mol. The number of aromatic amines is 1. The van der Waals surface area contributed by atoms with Crippen LogP contribution < -0.4 is 0 Å². The molecule has 4 heteroatoms. The number of nitrogens with zero attached hydrogens (tertiary/aromatic N) is 2. The molecule has 0 aliphatic rings. The number of imidazole rings is 1. The van der Waals surface area contributed by atoms with Crippen LogP contribution in [0.2, 0.25) is 0 Å². The Kier molecular flexibility index (Phi) is 3.82. The zero-order valence-electron chi connectivity index (χ0n) is 12.4. The average Bonchev–Trinajstić information content (AvgIpc) is 3.05. The highest BCUT2D eigenvalue weighted by Gasteiger charge is 2.05. The molecule has 2 heterocycles. The van der Waals surface area contributed by atoms with E-state index in [0.717, 1.165) is 33.9 Å². The molecule has 112 valence electrons. The minimum Gasteiger partial charge on any atom is -0.338 e. The van der Waals surface area contributed by atoms with Gasteiger partial charge >= 0.3 is 0 Å². The van der Waals surface area contributed by atoms with Crippen molar-refractivity contribution in [3.63, 3.8) is 0 Å². The number of fused-ring (bicyclic) bond motifs is 1. The van der Waals surface area contributed by atoms with E-state index in [-0.39, 0.29) is 0 Å². The Bertz CT molecular complexity index is 881. The van der Waals surface area contributed by atoms with Gasteiger partial charge in [-0.1, -0.05) is 30.3 Å². The minimum absolute atomic E-state index is 0.880. The van der Waals surface area contributed by atoms with Gasteiger partial charge in [-0.3, -0.25) is 4.98 Å². The van der Waals surface area contributed by atoms with Gasteiger partial charge < -0.3 is 4.98 Å². The lowest BCUT2D eigenvalue weighted by Gasteiger charge is -2.02. The van der Waals surface area contributed by atoms with Crippen LogP contribution in [0.3, 0.4) is 0 Å².